The first kappa shape index (κ1) is 14.3. The van der Waals surface area contributed by atoms with E-state index < -0.39 is 18.3 Å². The van der Waals surface area contributed by atoms with E-state index >= 15 is 0 Å². The zero-order valence-electron chi connectivity index (χ0n) is 9.13. The van der Waals surface area contributed by atoms with E-state index in [1.165, 1.54) is 18.2 Å². The van der Waals surface area contributed by atoms with E-state index in [4.69, 9.17) is 16.7 Å². The molecule has 0 bridgehead atoms. The molecule has 0 aliphatic rings. The summed E-state index contributed by atoms with van der Waals surface area (Å²) in [6, 6.07) is 3.83. The highest BCUT2D eigenvalue weighted by atomic mass is 35.5. The molecule has 1 aromatic carbocycles. The van der Waals surface area contributed by atoms with Crippen LogP contribution in [0.1, 0.15) is 18.5 Å². The van der Waals surface area contributed by atoms with Crippen molar-refractivity contribution in [2.75, 3.05) is 6.54 Å². The molecular formula is C11H13ClF3NO. The minimum atomic E-state index is -2.79. The van der Waals surface area contributed by atoms with Gasteiger partial charge in [-0.1, -0.05) is 17.7 Å². The number of aliphatic hydroxyl groups is 1. The molecular weight excluding hydrogens is 255 g/mol. The largest absolute Gasteiger partial charge is 0.386 e. The molecule has 0 fully saturated rings. The van der Waals surface area contributed by atoms with Gasteiger partial charge in [0, 0.05) is 12.6 Å². The predicted molar refractivity (Wildman–Crippen MR) is 59.8 cm³/mol. The summed E-state index contributed by atoms with van der Waals surface area (Å²) in [5.74, 6) is -0.532. The van der Waals surface area contributed by atoms with Crippen LogP contribution in [0.2, 0.25) is 5.02 Å². The van der Waals surface area contributed by atoms with Gasteiger partial charge in [-0.25, -0.2) is 13.2 Å². The maximum atomic E-state index is 12.9. The van der Waals surface area contributed by atoms with Crippen molar-refractivity contribution >= 4 is 11.6 Å². The fourth-order valence-corrected chi connectivity index (χ4v) is 1.48. The van der Waals surface area contributed by atoms with Gasteiger partial charge in [0.2, 0.25) is 0 Å². The van der Waals surface area contributed by atoms with Crippen LogP contribution in [-0.4, -0.2) is 24.2 Å². The van der Waals surface area contributed by atoms with Crippen LogP contribution in [0, 0.1) is 5.82 Å². The van der Waals surface area contributed by atoms with Crippen LogP contribution in [0.15, 0.2) is 18.2 Å². The molecule has 2 N–H and O–H groups in total. The lowest BCUT2D eigenvalue weighted by Crippen LogP contribution is -2.33. The van der Waals surface area contributed by atoms with Crippen molar-refractivity contribution in [3.8, 4) is 0 Å². The highest BCUT2D eigenvalue weighted by Crippen LogP contribution is 2.20. The molecule has 0 saturated heterocycles. The maximum Gasteiger partial charge on any atom is 0.265 e. The van der Waals surface area contributed by atoms with Gasteiger partial charge in [0.15, 0.2) is 0 Å². The Labute approximate surface area is 102 Å². The number of rotatable bonds is 5. The summed E-state index contributed by atoms with van der Waals surface area (Å²) in [7, 11) is 0. The monoisotopic (exact) mass is 267 g/mol. The topological polar surface area (TPSA) is 32.3 Å². The van der Waals surface area contributed by atoms with Gasteiger partial charge in [0.25, 0.3) is 6.43 Å². The Hall–Kier alpha value is -0.780. The van der Waals surface area contributed by atoms with E-state index in [9.17, 15) is 13.2 Å². The number of alkyl halides is 2. The van der Waals surface area contributed by atoms with Crippen LogP contribution >= 0.6 is 11.6 Å². The molecule has 2 nitrogen and oxygen atoms in total. The minimum absolute atomic E-state index is 0.0226. The number of hydrogen-bond donors (Lipinski definition) is 2. The predicted octanol–water partition coefficient (Wildman–Crippen LogP) is 2.76. The van der Waals surface area contributed by atoms with Crippen LogP contribution in [0.3, 0.4) is 0 Å². The van der Waals surface area contributed by atoms with Crippen molar-refractivity contribution in [3.63, 3.8) is 0 Å². The highest BCUT2D eigenvalue weighted by Gasteiger charge is 2.17. The normalized spacial score (nSPS) is 15.0. The van der Waals surface area contributed by atoms with Crippen molar-refractivity contribution in [2.45, 2.75) is 25.5 Å². The zero-order valence-corrected chi connectivity index (χ0v) is 9.89. The van der Waals surface area contributed by atoms with E-state index in [2.05, 4.69) is 5.32 Å². The molecule has 0 aromatic heterocycles. The molecule has 0 aliphatic carbocycles. The first-order chi connectivity index (χ1) is 7.91. The van der Waals surface area contributed by atoms with Crippen LogP contribution < -0.4 is 5.32 Å². The molecule has 6 heteroatoms. The van der Waals surface area contributed by atoms with Gasteiger partial charge < -0.3 is 10.4 Å². The lowest BCUT2D eigenvalue weighted by Gasteiger charge is -2.17. The van der Waals surface area contributed by atoms with E-state index in [1.807, 2.05) is 0 Å². The Morgan fingerprint density at radius 3 is 2.59 bits per heavy atom. The van der Waals surface area contributed by atoms with E-state index in [0.29, 0.717) is 5.56 Å². The van der Waals surface area contributed by atoms with Crippen LogP contribution in [0.4, 0.5) is 13.2 Å². The second kappa shape index (κ2) is 6.23. The number of aliphatic hydroxyl groups excluding tert-OH is 1. The number of benzene rings is 1. The van der Waals surface area contributed by atoms with E-state index in [1.54, 1.807) is 6.92 Å². The van der Waals surface area contributed by atoms with Crippen molar-refractivity contribution in [1.29, 1.82) is 0 Å². The molecule has 0 radical (unpaired) electrons. The lowest BCUT2D eigenvalue weighted by atomic mass is 10.1. The Balaban J connectivity index is 2.58. The van der Waals surface area contributed by atoms with Crippen LogP contribution in [0.25, 0.3) is 0 Å². The summed E-state index contributed by atoms with van der Waals surface area (Å²) in [6.07, 6.45) is -4.50. The molecule has 2 atom stereocenters. The molecule has 0 aliphatic heterocycles. The van der Waals surface area contributed by atoms with Crippen molar-refractivity contribution < 1.29 is 18.3 Å². The zero-order chi connectivity index (χ0) is 13.0. The summed E-state index contributed by atoms with van der Waals surface area (Å²) >= 11 is 5.60. The molecule has 96 valence electrons. The molecule has 1 rings (SSSR count). The average Bonchev–Trinajstić information content (AvgIpc) is 2.28. The van der Waals surface area contributed by atoms with Gasteiger partial charge in [-0.3, -0.25) is 0 Å². The molecule has 0 spiro atoms. The quantitative estimate of drug-likeness (QED) is 0.860. The summed E-state index contributed by atoms with van der Waals surface area (Å²) in [4.78, 5) is 0. The maximum absolute atomic E-state index is 12.9. The number of hydrogen-bond acceptors (Lipinski definition) is 2. The van der Waals surface area contributed by atoms with E-state index in [-0.39, 0.29) is 17.6 Å². The third kappa shape index (κ3) is 4.18. The SMILES string of the molecule is CC(NCC(O)C(F)F)c1ccc(F)c(Cl)c1. The lowest BCUT2D eigenvalue weighted by molar-refractivity contribution is -0.00439. The van der Waals surface area contributed by atoms with Crippen molar-refractivity contribution in [1.82, 2.24) is 5.32 Å². The van der Waals surface area contributed by atoms with Crippen LogP contribution in [0.5, 0.6) is 0 Å². The average molecular weight is 268 g/mol. The Bertz CT molecular complexity index is 376. The second-order valence-corrected chi connectivity index (χ2v) is 4.11. The molecule has 0 heterocycles. The number of halogens is 4. The first-order valence-electron chi connectivity index (χ1n) is 5.06. The Morgan fingerprint density at radius 1 is 1.41 bits per heavy atom. The molecule has 0 saturated carbocycles. The van der Waals surface area contributed by atoms with Gasteiger partial charge >= 0.3 is 0 Å². The van der Waals surface area contributed by atoms with Gasteiger partial charge in [0.05, 0.1) is 5.02 Å². The van der Waals surface area contributed by atoms with Crippen molar-refractivity contribution in [3.05, 3.63) is 34.6 Å². The van der Waals surface area contributed by atoms with Gasteiger partial charge in [-0.15, -0.1) is 0 Å². The Kier molecular flexibility index (Phi) is 5.24. The fourth-order valence-electron chi connectivity index (χ4n) is 1.29. The summed E-state index contributed by atoms with van der Waals surface area (Å²) in [5.41, 5.74) is 0.665. The molecule has 0 amide bonds. The third-order valence-corrected chi connectivity index (χ3v) is 2.66. The standard InChI is InChI=1S/C11H13ClF3NO/c1-6(16-5-10(17)11(14)15)7-2-3-9(13)8(12)4-7/h2-4,6,10-11,16-17H,5H2,1H3. The molecule has 1 aromatic rings. The summed E-state index contributed by atoms with van der Waals surface area (Å²) in [6.45, 7) is 1.47. The number of nitrogens with one attached hydrogen (secondary N) is 1. The van der Waals surface area contributed by atoms with Gasteiger partial charge in [-0.05, 0) is 24.6 Å². The summed E-state index contributed by atoms with van der Waals surface area (Å²) < 4.78 is 37.0. The first-order valence-corrected chi connectivity index (χ1v) is 5.44. The third-order valence-electron chi connectivity index (χ3n) is 2.37. The molecule has 17 heavy (non-hydrogen) atoms. The van der Waals surface area contributed by atoms with Gasteiger partial charge in [0.1, 0.15) is 11.9 Å². The van der Waals surface area contributed by atoms with E-state index in [0.717, 1.165) is 0 Å². The van der Waals surface area contributed by atoms with Crippen LogP contribution in [-0.2, 0) is 0 Å². The van der Waals surface area contributed by atoms with Crippen molar-refractivity contribution in [2.24, 2.45) is 0 Å². The highest BCUT2D eigenvalue weighted by molar-refractivity contribution is 6.30. The molecule has 2 unspecified atom stereocenters. The fraction of sp³-hybridized carbons (Fsp3) is 0.455. The second-order valence-electron chi connectivity index (χ2n) is 3.71. The minimum Gasteiger partial charge on any atom is -0.386 e. The Morgan fingerprint density at radius 2 is 2.06 bits per heavy atom. The smallest absolute Gasteiger partial charge is 0.265 e. The van der Waals surface area contributed by atoms with Gasteiger partial charge in [-0.2, -0.15) is 0 Å². The summed E-state index contributed by atoms with van der Waals surface area (Å²) in [5, 5.41) is 11.6.